The number of hydrogen-bond acceptors (Lipinski definition) is 3. The Labute approximate surface area is 172 Å². The highest BCUT2D eigenvalue weighted by Crippen LogP contribution is 2.16. The van der Waals surface area contributed by atoms with Gasteiger partial charge in [0.2, 0.25) is 11.8 Å². The van der Waals surface area contributed by atoms with Gasteiger partial charge in [-0.25, -0.2) is 5.43 Å². The van der Waals surface area contributed by atoms with Crippen LogP contribution in [0, 0.1) is 0 Å². The number of nitrogens with one attached hydrogen (secondary N) is 2. The Kier molecular flexibility index (Phi) is 6.55. The first-order valence-corrected chi connectivity index (χ1v) is 9.68. The van der Waals surface area contributed by atoms with Crippen LogP contribution in [0.25, 0.3) is 10.8 Å². The van der Waals surface area contributed by atoms with Crippen LogP contribution in [0.2, 0.25) is 0 Å². The van der Waals surface area contributed by atoms with Crippen molar-refractivity contribution >= 4 is 49.9 Å². The quantitative estimate of drug-likeness (QED) is 0.426. The molecular formula is C22H20BrN3O2. The lowest BCUT2D eigenvalue weighted by molar-refractivity contribution is -0.124. The molecule has 142 valence electrons. The molecule has 0 spiro atoms. The van der Waals surface area contributed by atoms with Crippen LogP contribution >= 0.6 is 15.9 Å². The lowest BCUT2D eigenvalue weighted by Gasteiger charge is -2.06. The van der Waals surface area contributed by atoms with E-state index in [0.717, 1.165) is 20.8 Å². The van der Waals surface area contributed by atoms with E-state index >= 15 is 0 Å². The summed E-state index contributed by atoms with van der Waals surface area (Å²) in [4.78, 5) is 23.9. The summed E-state index contributed by atoms with van der Waals surface area (Å²) < 4.78 is 0.935. The van der Waals surface area contributed by atoms with E-state index in [9.17, 15) is 9.59 Å². The van der Waals surface area contributed by atoms with Crippen LogP contribution in [0.4, 0.5) is 5.69 Å². The Morgan fingerprint density at radius 2 is 1.57 bits per heavy atom. The molecule has 0 saturated heterocycles. The SMILES string of the molecule is C/C(=N/NC(=O)CCC(=O)Nc1ccc(Br)cc1)c1ccc2ccccc2c1. The number of hydrogen-bond donors (Lipinski definition) is 2. The Bertz CT molecular complexity index is 1030. The van der Waals surface area contributed by atoms with Gasteiger partial charge in [0.1, 0.15) is 0 Å². The van der Waals surface area contributed by atoms with Crippen molar-refractivity contribution in [1.29, 1.82) is 0 Å². The maximum atomic E-state index is 12.0. The number of halogens is 1. The summed E-state index contributed by atoms with van der Waals surface area (Å²) >= 11 is 3.34. The molecule has 3 aromatic carbocycles. The molecule has 0 saturated carbocycles. The minimum atomic E-state index is -0.300. The monoisotopic (exact) mass is 437 g/mol. The standard InChI is InChI=1S/C22H20BrN3O2/c1-15(17-7-6-16-4-2-3-5-18(16)14-17)25-26-22(28)13-12-21(27)24-20-10-8-19(23)9-11-20/h2-11,14H,12-13H2,1H3,(H,24,27)(H,26,28)/b25-15-. The Morgan fingerprint density at radius 3 is 2.32 bits per heavy atom. The van der Waals surface area contributed by atoms with Crippen molar-refractivity contribution in [3.63, 3.8) is 0 Å². The first kappa shape index (κ1) is 19.8. The maximum absolute atomic E-state index is 12.0. The predicted octanol–water partition coefficient (Wildman–Crippen LogP) is 4.86. The van der Waals surface area contributed by atoms with Crippen molar-refractivity contribution in [2.45, 2.75) is 19.8 Å². The zero-order chi connectivity index (χ0) is 19.9. The van der Waals surface area contributed by atoms with Crippen LogP contribution in [0.5, 0.6) is 0 Å². The van der Waals surface area contributed by atoms with Crippen LogP contribution in [-0.4, -0.2) is 17.5 Å². The van der Waals surface area contributed by atoms with Crippen molar-refractivity contribution in [3.8, 4) is 0 Å². The lowest BCUT2D eigenvalue weighted by atomic mass is 10.0. The molecule has 0 heterocycles. The Hall–Kier alpha value is -2.99. The highest BCUT2D eigenvalue weighted by Gasteiger charge is 2.07. The number of hydrazone groups is 1. The molecule has 0 atom stereocenters. The number of carbonyl (C=O) groups is 2. The molecule has 2 amide bonds. The van der Waals surface area contributed by atoms with Gasteiger partial charge in [-0.3, -0.25) is 9.59 Å². The molecule has 0 unspecified atom stereocenters. The number of anilines is 1. The summed E-state index contributed by atoms with van der Waals surface area (Å²) in [5.74, 6) is -0.515. The van der Waals surface area contributed by atoms with Gasteiger partial charge >= 0.3 is 0 Å². The second-order valence-corrected chi connectivity index (χ2v) is 7.26. The van der Waals surface area contributed by atoms with Gasteiger partial charge in [0.15, 0.2) is 0 Å². The van der Waals surface area contributed by atoms with Crippen LogP contribution < -0.4 is 10.7 Å². The van der Waals surface area contributed by atoms with E-state index in [2.05, 4.69) is 31.8 Å². The number of benzene rings is 3. The molecule has 28 heavy (non-hydrogen) atoms. The number of fused-ring (bicyclic) bond motifs is 1. The summed E-state index contributed by atoms with van der Waals surface area (Å²) in [7, 11) is 0. The van der Waals surface area contributed by atoms with E-state index in [1.165, 1.54) is 0 Å². The van der Waals surface area contributed by atoms with E-state index in [1.54, 1.807) is 12.1 Å². The molecular weight excluding hydrogens is 418 g/mol. The smallest absolute Gasteiger partial charge is 0.240 e. The molecule has 0 fully saturated rings. The highest BCUT2D eigenvalue weighted by atomic mass is 79.9. The third-order valence-electron chi connectivity index (χ3n) is 4.22. The molecule has 0 aromatic heterocycles. The summed E-state index contributed by atoms with van der Waals surface area (Å²) in [5, 5.41) is 9.18. The first-order valence-electron chi connectivity index (χ1n) is 8.89. The molecule has 2 N–H and O–H groups in total. The van der Waals surface area contributed by atoms with E-state index < -0.39 is 0 Å². The third-order valence-corrected chi connectivity index (χ3v) is 4.75. The van der Waals surface area contributed by atoms with Crippen molar-refractivity contribution in [2.75, 3.05) is 5.32 Å². The first-order chi connectivity index (χ1) is 13.5. The van der Waals surface area contributed by atoms with E-state index in [0.29, 0.717) is 11.4 Å². The average molecular weight is 438 g/mol. The Balaban J connectivity index is 1.50. The van der Waals surface area contributed by atoms with Gasteiger partial charge in [-0.1, -0.05) is 52.3 Å². The number of amides is 2. The molecule has 0 bridgehead atoms. The van der Waals surface area contributed by atoms with Crippen molar-refractivity contribution < 1.29 is 9.59 Å². The van der Waals surface area contributed by atoms with E-state index in [4.69, 9.17) is 0 Å². The fourth-order valence-electron chi connectivity index (χ4n) is 2.66. The van der Waals surface area contributed by atoms with Gasteiger partial charge in [-0.2, -0.15) is 5.10 Å². The average Bonchev–Trinajstić information content (AvgIpc) is 2.71. The number of rotatable bonds is 6. The fraction of sp³-hybridized carbons (Fsp3) is 0.136. The second kappa shape index (κ2) is 9.28. The molecule has 0 radical (unpaired) electrons. The molecule has 0 aliphatic heterocycles. The summed E-state index contributed by atoms with van der Waals surface area (Å²) in [5.41, 5.74) is 4.86. The molecule has 0 aliphatic rings. The fourth-order valence-corrected chi connectivity index (χ4v) is 2.93. The Morgan fingerprint density at radius 1 is 0.893 bits per heavy atom. The van der Waals surface area contributed by atoms with Gasteiger partial charge in [0.25, 0.3) is 0 Å². The highest BCUT2D eigenvalue weighted by molar-refractivity contribution is 9.10. The van der Waals surface area contributed by atoms with Crippen LogP contribution in [0.15, 0.2) is 76.3 Å². The van der Waals surface area contributed by atoms with Crippen molar-refractivity contribution in [1.82, 2.24) is 5.43 Å². The van der Waals surface area contributed by atoms with Gasteiger partial charge < -0.3 is 5.32 Å². The molecule has 5 nitrogen and oxygen atoms in total. The summed E-state index contributed by atoms with van der Waals surface area (Å²) in [6, 6.07) is 21.4. The normalized spacial score (nSPS) is 11.3. The topological polar surface area (TPSA) is 70.6 Å². The molecule has 3 rings (SSSR count). The summed E-state index contributed by atoms with van der Waals surface area (Å²) in [6.45, 7) is 1.84. The van der Waals surface area contributed by atoms with E-state index in [1.807, 2.05) is 61.5 Å². The van der Waals surface area contributed by atoms with Crippen molar-refractivity contribution in [2.24, 2.45) is 5.10 Å². The molecule has 0 aliphatic carbocycles. The zero-order valence-electron chi connectivity index (χ0n) is 15.4. The van der Waals surface area contributed by atoms with Gasteiger partial charge in [-0.05, 0) is 53.6 Å². The van der Waals surface area contributed by atoms with Crippen LogP contribution in [-0.2, 0) is 9.59 Å². The van der Waals surface area contributed by atoms with Crippen LogP contribution in [0.3, 0.4) is 0 Å². The molecule has 6 heteroatoms. The van der Waals surface area contributed by atoms with Gasteiger partial charge in [0, 0.05) is 23.0 Å². The molecule has 3 aromatic rings. The van der Waals surface area contributed by atoms with Gasteiger partial charge in [0.05, 0.1) is 5.71 Å². The van der Waals surface area contributed by atoms with Crippen LogP contribution in [0.1, 0.15) is 25.3 Å². The van der Waals surface area contributed by atoms with Crippen molar-refractivity contribution in [3.05, 3.63) is 76.8 Å². The van der Waals surface area contributed by atoms with E-state index in [-0.39, 0.29) is 24.7 Å². The minimum Gasteiger partial charge on any atom is -0.326 e. The second-order valence-electron chi connectivity index (χ2n) is 6.35. The maximum Gasteiger partial charge on any atom is 0.240 e. The lowest BCUT2D eigenvalue weighted by Crippen LogP contribution is -2.21. The largest absolute Gasteiger partial charge is 0.326 e. The third kappa shape index (κ3) is 5.50. The zero-order valence-corrected chi connectivity index (χ0v) is 17.0. The summed E-state index contributed by atoms with van der Waals surface area (Å²) in [6.07, 6.45) is 0.156. The minimum absolute atomic E-state index is 0.0663. The van der Waals surface area contributed by atoms with Gasteiger partial charge in [-0.15, -0.1) is 0 Å². The number of carbonyl (C=O) groups excluding carboxylic acids is 2. The number of nitrogens with zero attached hydrogens (tertiary/aromatic N) is 1. The predicted molar refractivity (Wildman–Crippen MR) is 116 cm³/mol.